The molecule has 2 nitrogen and oxygen atoms in total. The summed E-state index contributed by atoms with van der Waals surface area (Å²) in [7, 11) is 0. The minimum Gasteiger partial charge on any atom is -0.389 e. The maximum absolute atomic E-state index is 14.3. The smallest absolute Gasteiger partial charge is 0.146 e. The molecule has 1 heterocycles. The quantitative estimate of drug-likeness (QED) is 0.880. The highest BCUT2D eigenvalue weighted by Gasteiger charge is 2.32. The first-order valence-electron chi connectivity index (χ1n) is 7.15. The van der Waals surface area contributed by atoms with Gasteiger partial charge < -0.3 is 10.0 Å². The van der Waals surface area contributed by atoms with Crippen molar-refractivity contribution in [2.75, 3.05) is 11.4 Å². The van der Waals surface area contributed by atoms with Gasteiger partial charge in [0, 0.05) is 18.2 Å². The maximum Gasteiger partial charge on any atom is 0.146 e. The molecule has 1 fully saturated rings. The first-order valence-corrected chi connectivity index (χ1v) is 7.15. The minimum atomic E-state index is -0.648. The fourth-order valence-electron chi connectivity index (χ4n) is 3.18. The molecule has 106 valence electrons. The monoisotopic (exact) mass is 265 g/mol. The molecule has 0 radical (unpaired) electrons. The van der Waals surface area contributed by atoms with Gasteiger partial charge in [-0.1, -0.05) is 26.0 Å². The summed E-state index contributed by atoms with van der Waals surface area (Å²) in [5, 5.41) is 9.88. The van der Waals surface area contributed by atoms with Gasteiger partial charge in [0.15, 0.2) is 0 Å². The van der Waals surface area contributed by atoms with Crippen LogP contribution >= 0.6 is 0 Å². The van der Waals surface area contributed by atoms with Gasteiger partial charge in [-0.05, 0) is 38.2 Å². The molecule has 1 aromatic rings. The van der Waals surface area contributed by atoms with Crippen molar-refractivity contribution in [3.8, 4) is 0 Å². The molecule has 1 aliphatic heterocycles. The molecule has 0 amide bonds. The Morgan fingerprint density at radius 1 is 1.32 bits per heavy atom. The Labute approximate surface area is 115 Å². The highest BCUT2D eigenvalue weighted by molar-refractivity contribution is 5.57. The zero-order valence-corrected chi connectivity index (χ0v) is 12.2. The predicted octanol–water partition coefficient (Wildman–Crippen LogP) is 3.75. The largest absolute Gasteiger partial charge is 0.389 e. The third-order valence-corrected chi connectivity index (χ3v) is 4.35. The number of rotatable bonds is 2. The SMILES string of the molecule is CC1CC(C)C(C)N(c2c(F)cccc2[C@@H](C)O)C1. The molecule has 3 heteroatoms. The third-order valence-electron chi connectivity index (χ3n) is 4.35. The van der Waals surface area contributed by atoms with Gasteiger partial charge in [-0.2, -0.15) is 0 Å². The number of benzene rings is 1. The molecule has 0 aromatic heterocycles. The molecule has 0 spiro atoms. The molecule has 1 saturated heterocycles. The minimum absolute atomic E-state index is 0.230. The molecule has 1 aliphatic rings. The van der Waals surface area contributed by atoms with Crippen LogP contribution in [0.1, 0.15) is 45.8 Å². The first-order chi connectivity index (χ1) is 8.91. The Kier molecular flexibility index (Phi) is 4.14. The second-order valence-corrected chi connectivity index (χ2v) is 6.06. The molecule has 2 rings (SSSR count). The summed E-state index contributed by atoms with van der Waals surface area (Å²) in [4.78, 5) is 2.14. The van der Waals surface area contributed by atoms with Gasteiger partial charge in [0.2, 0.25) is 0 Å². The van der Waals surface area contributed by atoms with Crippen LogP contribution < -0.4 is 4.90 Å². The summed E-state index contributed by atoms with van der Waals surface area (Å²) in [5.41, 5.74) is 1.27. The van der Waals surface area contributed by atoms with Crippen LogP contribution in [0.4, 0.5) is 10.1 Å². The average molecular weight is 265 g/mol. The van der Waals surface area contributed by atoms with Crippen molar-refractivity contribution in [2.45, 2.75) is 46.3 Å². The number of halogens is 1. The summed E-state index contributed by atoms with van der Waals surface area (Å²) < 4.78 is 14.3. The molecule has 0 aliphatic carbocycles. The van der Waals surface area contributed by atoms with Crippen LogP contribution in [0.25, 0.3) is 0 Å². The van der Waals surface area contributed by atoms with Crippen molar-refractivity contribution in [3.63, 3.8) is 0 Å². The van der Waals surface area contributed by atoms with Crippen LogP contribution in [-0.4, -0.2) is 17.7 Å². The zero-order valence-electron chi connectivity index (χ0n) is 12.2. The molecule has 1 aromatic carbocycles. The van der Waals surface area contributed by atoms with Gasteiger partial charge in [0.05, 0.1) is 11.8 Å². The van der Waals surface area contributed by atoms with Crippen LogP contribution in [0.15, 0.2) is 18.2 Å². The normalized spacial score (nSPS) is 29.4. The number of piperidine rings is 1. The van der Waals surface area contributed by atoms with Crippen molar-refractivity contribution >= 4 is 5.69 Å². The standard InChI is InChI=1S/C16H24FNO/c1-10-8-11(2)12(3)18(9-10)16-14(13(4)19)6-5-7-15(16)17/h5-7,10-13,19H,8-9H2,1-4H3/t10?,11?,12?,13-/m1/s1. The van der Waals surface area contributed by atoms with Crippen molar-refractivity contribution in [2.24, 2.45) is 11.8 Å². The van der Waals surface area contributed by atoms with Gasteiger partial charge in [-0.25, -0.2) is 4.39 Å². The summed E-state index contributed by atoms with van der Waals surface area (Å²) in [6, 6.07) is 5.27. The second-order valence-electron chi connectivity index (χ2n) is 6.06. The summed E-state index contributed by atoms with van der Waals surface area (Å²) >= 11 is 0. The number of anilines is 1. The van der Waals surface area contributed by atoms with E-state index in [1.807, 2.05) is 6.07 Å². The van der Waals surface area contributed by atoms with Gasteiger partial charge in [-0.3, -0.25) is 0 Å². The molecule has 4 atom stereocenters. The van der Waals surface area contributed by atoms with Crippen LogP contribution in [0.3, 0.4) is 0 Å². The van der Waals surface area contributed by atoms with E-state index in [0.29, 0.717) is 29.1 Å². The van der Waals surface area contributed by atoms with E-state index in [0.717, 1.165) is 6.54 Å². The topological polar surface area (TPSA) is 23.5 Å². The van der Waals surface area contributed by atoms with E-state index in [-0.39, 0.29) is 5.82 Å². The number of aliphatic hydroxyl groups is 1. The molecular formula is C16H24FNO. The Morgan fingerprint density at radius 3 is 2.63 bits per heavy atom. The van der Waals surface area contributed by atoms with Crippen molar-refractivity contribution in [1.82, 2.24) is 0 Å². The van der Waals surface area contributed by atoms with Crippen molar-refractivity contribution < 1.29 is 9.50 Å². The van der Waals surface area contributed by atoms with Crippen molar-refractivity contribution in [3.05, 3.63) is 29.6 Å². The number of para-hydroxylation sites is 1. The predicted molar refractivity (Wildman–Crippen MR) is 76.8 cm³/mol. The lowest BCUT2D eigenvalue weighted by Crippen LogP contribution is -2.46. The lowest BCUT2D eigenvalue weighted by Gasteiger charge is -2.43. The lowest BCUT2D eigenvalue weighted by molar-refractivity contribution is 0.198. The molecule has 3 unspecified atom stereocenters. The molecular weight excluding hydrogens is 241 g/mol. The van der Waals surface area contributed by atoms with Gasteiger partial charge in [0.1, 0.15) is 5.82 Å². The number of hydrogen-bond donors (Lipinski definition) is 1. The summed E-state index contributed by atoms with van der Waals surface area (Å²) in [6.45, 7) is 9.12. The van der Waals surface area contributed by atoms with Crippen LogP contribution in [0.2, 0.25) is 0 Å². The number of nitrogens with zero attached hydrogens (tertiary/aromatic N) is 1. The molecule has 0 bridgehead atoms. The Hall–Kier alpha value is -1.09. The van der Waals surface area contributed by atoms with E-state index >= 15 is 0 Å². The summed E-state index contributed by atoms with van der Waals surface area (Å²) in [5.74, 6) is 0.851. The van der Waals surface area contributed by atoms with E-state index < -0.39 is 6.10 Å². The Morgan fingerprint density at radius 2 is 2.00 bits per heavy atom. The second kappa shape index (κ2) is 5.49. The van der Waals surface area contributed by atoms with Crippen LogP contribution in [0, 0.1) is 17.7 Å². The Balaban J connectivity index is 2.45. The van der Waals surface area contributed by atoms with Crippen LogP contribution in [0.5, 0.6) is 0 Å². The van der Waals surface area contributed by atoms with E-state index in [1.165, 1.54) is 12.5 Å². The highest BCUT2D eigenvalue weighted by Crippen LogP contribution is 2.36. The molecule has 0 saturated carbocycles. The van der Waals surface area contributed by atoms with Crippen LogP contribution in [-0.2, 0) is 0 Å². The third kappa shape index (κ3) is 2.76. The first kappa shape index (κ1) is 14.3. The average Bonchev–Trinajstić information content (AvgIpc) is 2.33. The zero-order chi connectivity index (χ0) is 14.2. The van der Waals surface area contributed by atoms with E-state index in [2.05, 4.69) is 25.7 Å². The van der Waals surface area contributed by atoms with Crippen molar-refractivity contribution in [1.29, 1.82) is 0 Å². The lowest BCUT2D eigenvalue weighted by atomic mass is 9.85. The van der Waals surface area contributed by atoms with Gasteiger partial charge in [0.25, 0.3) is 0 Å². The summed E-state index contributed by atoms with van der Waals surface area (Å²) in [6.07, 6.45) is 0.529. The fraction of sp³-hybridized carbons (Fsp3) is 0.625. The molecule has 1 N–H and O–H groups in total. The fourth-order valence-corrected chi connectivity index (χ4v) is 3.18. The Bertz CT molecular complexity index is 446. The highest BCUT2D eigenvalue weighted by atomic mass is 19.1. The number of hydrogen-bond acceptors (Lipinski definition) is 2. The number of aliphatic hydroxyl groups excluding tert-OH is 1. The maximum atomic E-state index is 14.3. The van der Waals surface area contributed by atoms with E-state index in [4.69, 9.17) is 0 Å². The molecule has 19 heavy (non-hydrogen) atoms. The van der Waals surface area contributed by atoms with E-state index in [1.54, 1.807) is 13.0 Å². The van der Waals surface area contributed by atoms with Gasteiger partial charge in [-0.15, -0.1) is 0 Å². The van der Waals surface area contributed by atoms with Gasteiger partial charge >= 0.3 is 0 Å². The van der Waals surface area contributed by atoms with E-state index in [9.17, 15) is 9.50 Å².